The molecule has 0 saturated carbocycles. The standard InChI is InChI=1S/C20H34N4O.HI/c1-5-21-19(22-15-17(2)24-11-13-25-14-12-24)23-16-20(3,4)18-9-7-6-8-10-18;/h6-10,17H,5,11-16H2,1-4H3,(H2,21,22,23);1H. The van der Waals surface area contributed by atoms with Crippen LogP contribution in [0.1, 0.15) is 33.3 Å². The summed E-state index contributed by atoms with van der Waals surface area (Å²) in [6, 6.07) is 11.1. The number of nitrogens with one attached hydrogen (secondary N) is 2. The lowest BCUT2D eigenvalue weighted by Gasteiger charge is -2.32. The number of morpholine rings is 1. The summed E-state index contributed by atoms with van der Waals surface area (Å²) in [5.41, 5.74) is 1.33. The van der Waals surface area contributed by atoms with E-state index in [1.54, 1.807) is 0 Å². The molecule has 1 aromatic rings. The van der Waals surface area contributed by atoms with Crippen molar-refractivity contribution in [3.63, 3.8) is 0 Å². The van der Waals surface area contributed by atoms with E-state index in [1.165, 1.54) is 5.56 Å². The van der Waals surface area contributed by atoms with E-state index in [2.05, 4.69) is 73.6 Å². The maximum absolute atomic E-state index is 5.43. The molecule has 26 heavy (non-hydrogen) atoms. The van der Waals surface area contributed by atoms with Gasteiger partial charge in [0.1, 0.15) is 0 Å². The van der Waals surface area contributed by atoms with Crippen LogP contribution < -0.4 is 10.6 Å². The van der Waals surface area contributed by atoms with Crippen molar-refractivity contribution in [2.24, 2.45) is 4.99 Å². The molecule has 1 aliphatic heterocycles. The number of hydrogen-bond donors (Lipinski definition) is 2. The molecule has 0 radical (unpaired) electrons. The number of nitrogens with zero attached hydrogens (tertiary/aromatic N) is 2. The molecule has 0 bridgehead atoms. The van der Waals surface area contributed by atoms with Crippen molar-refractivity contribution in [2.75, 3.05) is 45.9 Å². The number of guanidine groups is 1. The van der Waals surface area contributed by atoms with E-state index < -0.39 is 0 Å². The van der Waals surface area contributed by atoms with Gasteiger partial charge in [0.2, 0.25) is 0 Å². The van der Waals surface area contributed by atoms with E-state index in [0.29, 0.717) is 6.04 Å². The van der Waals surface area contributed by atoms with Crippen LogP contribution in [0.5, 0.6) is 0 Å². The first-order valence-electron chi connectivity index (χ1n) is 9.42. The molecule has 1 heterocycles. The Balaban J connectivity index is 0.00000338. The smallest absolute Gasteiger partial charge is 0.191 e. The lowest BCUT2D eigenvalue weighted by atomic mass is 9.85. The fourth-order valence-corrected chi connectivity index (χ4v) is 2.99. The Labute approximate surface area is 176 Å². The number of benzene rings is 1. The van der Waals surface area contributed by atoms with Crippen LogP contribution in [0.4, 0.5) is 0 Å². The predicted octanol–water partition coefficient (Wildman–Crippen LogP) is 2.86. The number of ether oxygens (including phenoxy) is 1. The highest BCUT2D eigenvalue weighted by molar-refractivity contribution is 14.0. The Morgan fingerprint density at radius 2 is 1.85 bits per heavy atom. The van der Waals surface area contributed by atoms with Gasteiger partial charge in [0, 0.05) is 37.6 Å². The molecular formula is C20H35IN4O. The van der Waals surface area contributed by atoms with Gasteiger partial charge in [-0.05, 0) is 19.4 Å². The molecule has 5 nitrogen and oxygen atoms in total. The average Bonchev–Trinajstić information content (AvgIpc) is 2.65. The van der Waals surface area contributed by atoms with Gasteiger partial charge in [0.05, 0.1) is 19.8 Å². The largest absolute Gasteiger partial charge is 0.379 e. The normalized spacial score (nSPS) is 17.3. The Morgan fingerprint density at radius 3 is 2.46 bits per heavy atom. The van der Waals surface area contributed by atoms with Gasteiger partial charge in [0.15, 0.2) is 5.96 Å². The first-order chi connectivity index (χ1) is 12.0. The van der Waals surface area contributed by atoms with Crippen molar-refractivity contribution in [3.05, 3.63) is 35.9 Å². The van der Waals surface area contributed by atoms with Gasteiger partial charge in [-0.15, -0.1) is 24.0 Å². The van der Waals surface area contributed by atoms with Crippen molar-refractivity contribution in [1.82, 2.24) is 15.5 Å². The van der Waals surface area contributed by atoms with Gasteiger partial charge in [0.25, 0.3) is 0 Å². The third kappa shape index (κ3) is 7.40. The molecule has 1 unspecified atom stereocenters. The van der Waals surface area contributed by atoms with Crippen LogP contribution in [0.15, 0.2) is 35.3 Å². The van der Waals surface area contributed by atoms with Crippen LogP contribution in [-0.4, -0.2) is 62.8 Å². The van der Waals surface area contributed by atoms with Crippen LogP contribution in [0, 0.1) is 0 Å². The Kier molecular flexibility index (Phi) is 10.5. The van der Waals surface area contributed by atoms with Crippen molar-refractivity contribution in [1.29, 1.82) is 0 Å². The molecule has 2 N–H and O–H groups in total. The van der Waals surface area contributed by atoms with Crippen LogP contribution in [0.3, 0.4) is 0 Å². The fourth-order valence-electron chi connectivity index (χ4n) is 2.99. The van der Waals surface area contributed by atoms with Gasteiger partial charge < -0.3 is 15.4 Å². The molecule has 1 aromatic carbocycles. The average molecular weight is 474 g/mol. The number of hydrogen-bond acceptors (Lipinski definition) is 3. The fraction of sp³-hybridized carbons (Fsp3) is 0.650. The minimum Gasteiger partial charge on any atom is -0.379 e. The molecular weight excluding hydrogens is 439 g/mol. The van der Waals surface area contributed by atoms with Crippen LogP contribution in [0.2, 0.25) is 0 Å². The molecule has 6 heteroatoms. The maximum Gasteiger partial charge on any atom is 0.191 e. The van der Waals surface area contributed by atoms with Crippen molar-refractivity contribution < 1.29 is 4.74 Å². The van der Waals surface area contributed by atoms with Gasteiger partial charge in [-0.2, -0.15) is 0 Å². The van der Waals surface area contributed by atoms with Crippen molar-refractivity contribution >= 4 is 29.9 Å². The summed E-state index contributed by atoms with van der Waals surface area (Å²) in [7, 11) is 0. The van der Waals surface area contributed by atoms with Gasteiger partial charge in [-0.1, -0.05) is 44.2 Å². The molecule has 0 spiro atoms. The van der Waals surface area contributed by atoms with E-state index in [-0.39, 0.29) is 29.4 Å². The summed E-state index contributed by atoms with van der Waals surface area (Å²) in [5, 5.41) is 6.86. The molecule has 0 aliphatic carbocycles. The first kappa shape index (κ1) is 23.2. The predicted molar refractivity (Wildman–Crippen MR) is 121 cm³/mol. The van der Waals surface area contributed by atoms with E-state index in [0.717, 1.165) is 51.9 Å². The zero-order valence-corrected chi connectivity index (χ0v) is 19.0. The highest BCUT2D eigenvalue weighted by Gasteiger charge is 2.20. The second kappa shape index (κ2) is 11.8. The topological polar surface area (TPSA) is 48.9 Å². The minimum atomic E-state index is 0. The minimum absolute atomic E-state index is 0. The van der Waals surface area contributed by atoms with E-state index in [9.17, 15) is 0 Å². The highest BCUT2D eigenvalue weighted by Crippen LogP contribution is 2.22. The molecule has 148 valence electrons. The lowest BCUT2D eigenvalue weighted by molar-refractivity contribution is 0.0211. The number of aliphatic imine (C=N–C) groups is 1. The number of halogens is 1. The summed E-state index contributed by atoms with van der Waals surface area (Å²) in [5.74, 6) is 0.895. The second-order valence-electron chi connectivity index (χ2n) is 7.32. The van der Waals surface area contributed by atoms with Gasteiger partial charge in [-0.3, -0.25) is 9.89 Å². The van der Waals surface area contributed by atoms with Crippen LogP contribution in [0.25, 0.3) is 0 Å². The third-order valence-corrected chi connectivity index (χ3v) is 4.77. The Hall–Kier alpha value is -0.860. The van der Waals surface area contributed by atoms with E-state index >= 15 is 0 Å². The van der Waals surface area contributed by atoms with Gasteiger partial charge in [-0.25, -0.2) is 0 Å². The van der Waals surface area contributed by atoms with Crippen LogP contribution in [-0.2, 0) is 10.2 Å². The molecule has 1 fully saturated rings. The summed E-state index contributed by atoms with van der Waals surface area (Å²) in [4.78, 5) is 7.30. The zero-order chi connectivity index (χ0) is 18.1. The van der Waals surface area contributed by atoms with Crippen molar-refractivity contribution in [2.45, 2.75) is 39.2 Å². The van der Waals surface area contributed by atoms with Gasteiger partial charge >= 0.3 is 0 Å². The molecule has 1 aliphatic rings. The van der Waals surface area contributed by atoms with Crippen molar-refractivity contribution in [3.8, 4) is 0 Å². The maximum atomic E-state index is 5.43. The Morgan fingerprint density at radius 1 is 1.19 bits per heavy atom. The van der Waals surface area contributed by atoms with E-state index in [4.69, 9.17) is 9.73 Å². The lowest BCUT2D eigenvalue weighted by Crippen LogP contribution is -2.49. The molecule has 0 amide bonds. The van der Waals surface area contributed by atoms with E-state index in [1.807, 2.05) is 0 Å². The number of rotatable bonds is 7. The molecule has 0 aromatic heterocycles. The molecule has 2 rings (SSSR count). The summed E-state index contributed by atoms with van der Waals surface area (Å²) in [6.07, 6.45) is 0. The summed E-state index contributed by atoms with van der Waals surface area (Å²) >= 11 is 0. The summed E-state index contributed by atoms with van der Waals surface area (Å²) < 4.78 is 5.43. The molecule has 1 atom stereocenters. The molecule has 1 saturated heterocycles. The van der Waals surface area contributed by atoms with Crippen LogP contribution >= 0.6 is 24.0 Å². The second-order valence-corrected chi connectivity index (χ2v) is 7.32. The Bertz CT molecular complexity index is 530. The summed E-state index contributed by atoms with van der Waals surface area (Å²) in [6.45, 7) is 15.0. The first-order valence-corrected chi connectivity index (χ1v) is 9.42. The quantitative estimate of drug-likeness (QED) is 0.363. The monoisotopic (exact) mass is 474 g/mol. The zero-order valence-electron chi connectivity index (χ0n) is 16.6. The third-order valence-electron chi connectivity index (χ3n) is 4.77. The SMILES string of the molecule is CCNC(=NCC(C)(C)c1ccccc1)NCC(C)N1CCOCC1.I. The highest BCUT2D eigenvalue weighted by atomic mass is 127.